The molecule has 0 bridgehead atoms. The van der Waals surface area contributed by atoms with Gasteiger partial charge < -0.3 is 4.74 Å². The second-order valence-electron chi connectivity index (χ2n) is 4.00. The van der Waals surface area contributed by atoms with Gasteiger partial charge in [-0.15, -0.1) is 0 Å². The first-order valence-corrected chi connectivity index (χ1v) is 6.36. The van der Waals surface area contributed by atoms with Crippen LogP contribution in [0.5, 0.6) is 0 Å². The summed E-state index contributed by atoms with van der Waals surface area (Å²) in [5.41, 5.74) is 1.87. The zero-order valence-corrected chi connectivity index (χ0v) is 10.2. The Morgan fingerprint density at radius 2 is 1.88 bits per heavy atom. The molecule has 1 aliphatic heterocycles. The standard InChI is InChI=1S/C8H17N3O4S/c1-8(2,7(12)10-9)16(13,14)11-3-5-15-6-4-11/h3-6,9H2,1-2H3,(H,10,12). The molecule has 0 atom stereocenters. The average Bonchev–Trinajstić information content (AvgIpc) is 2.28. The molecule has 0 saturated carbocycles. The van der Waals surface area contributed by atoms with Gasteiger partial charge in [0.2, 0.25) is 10.0 Å². The third-order valence-electron chi connectivity index (χ3n) is 2.63. The third kappa shape index (κ3) is 2.19. The van der Waals surface area contributed by atoms with Crippen LogP contribution in [0.1, 0.15) is 13.8 Å². The summed E-state index contributed by atoms with van der Waals surface area (Å²) in [6.45, 7) is 3.90. The molecule has 7 nitrogen and oxygen atoms in total. The number of amides is 1. The van der Waals surface area contributed by atoms with Crippen molar-refractivity contribution < 1.29 is 17.9 Å². The van der Waals surface area contributed by atoms with E-state index in [0.29, 0.717) is 13.2 Å². The van der Waals surface area contributed by atoms with Crippen molar-refractivity contribution in [2.45, 2.75) is 18.6 Å². The normalized spacial score (nSPS) is 19.4. The van der Waals surface area contributed by atoms with Crippen molar-refractivity contribution in [3.05, 3.63) is 0 Å². The Balaban J connectivity index is 2.95. The van der Waals surface area contributed by atoms with Gasteiger partial charge in [0.05, 0.1) is 13.2 Å². The summed E-state index contributed by atoms with van der Waals surface area (Å²) >= 11 is 0. The molecule has 0 unspecified atom stereocenters. The maximum absolute atomic E-state index is 12.2. The fraction of sp³-hybridized carbons (Fsp3) is 0.875. The van der Waals surface area contributed by atoms with Crippen LogP contribution >= 0.6 is 0 Å². The highest BCUT2D eigenvalue weighted by Gasteiger charge is 2.45. The average molecular weight is 251 g/mol. The highest BCUT2D eigenvalue weighted by molar-refractivity contribution is 7.91. The van der Waals surface area contributed by atoms with Gasteiger partial charge in [0.1, 0.15) is 0 Å². The van der Waals surface area contributed by atoms with Gasteiger partial charge in [-0.05, 0) is 13.8 Å². The molecule has 1 heterocycles. The fourth-order valence-corrected chi connectivity index (χ4v) is 2.97. The lowest BCUT2D eigenvalue weighted by molar-refractivity contribution is -0.123. The molecule has 94 valence electrons. The molecule has 16 heavy (non-hydrogen) atoms. The first kappa shape index (κ1) is 13.4. The van der Waals surface area contributed by atoms with E-state index in [4.69, 9.17) is 10.6 Å². The molecule has 0 radical (unpaired) electrons. The summed E-state index contributed by atoms with van der Waals surface area (Å²) < 4.78 is 29.1. The Morgan fingerprint density at radius 3 is 2.31 bits per heavy atom. The van der Waals surface area contributed by atoms with E-state index >= 15 is 0 Å². The molecule has 0 aliphatic carbocycles. The summed E-state index contributed by atoms with van der Waals surface area (Å²) in [6, 6.07) is 0. The molecule has 0 aromatic rings. The number of nitrogens with one attached hydrogen (secondary N) is 1. The Morgan fingerprint density at radius 1 is 1.38 bits per heavy atom. The van der Waals surface area contributed by atoms with Crippen LogP contribution in [-0.4, -0.2) is 49.7 Å². The fourth-order valence-electron chi connectivity index (χ4n) is 1.40. The molecule has 1 fully saturated rings. The van der Waals surface area contributed by atoms with Gasteiger partial charge in [-0.3, -0.25) is 10.2 Å². The monoisotopic (exact) mass is 251 g/mol. The van der Waals surface area contributed by atoms with Crippen molar-refractivity contribution >= 4 is 15.9 Å². The number of rotatable bonds is 3. The van der Waals surface area contributed by atoms with E-state index in [1.54, 1.807) is 0 Å². The second kappa shape index (κ2) is 4.66. The first-order chi connectivity index (χ1) is 7.34. The van der Waals surface area contributed by atoms with E-state index < -0.39 is 20.7 Å². The van der Waals surface area contributed by atoms with Gasteiger partial charge in [0.25, 0.3) is 5.91 Å². The predicted molar refractivity (Wildman–Crippen MR) is 57.7 cm³/mol. The SMILES string of the molecule is CC(C)(C(=O)NN)S(=O)(=O)N1CCOCC1. The number of ether oxygens (including phenoxy) is 1. The predicted octanol–water partition coefficient (Wildman–Crippen LogP) is -1.58. The lowest BCUT2D eigenvalue weighted by Crippen LogP contribution is -2.57. The molecule has 0 aromatic heterocycles. The van der Waals surface area contributed by atoms with Crippen molar-refractivity contribution in [3.8, 4) is 0 Å². The number of nitrogens with two attached hydrogens (primary N) is 1. The Hall–Kier alpha value is -0.700. The van der Waals surface area contributed by atoms with Gasteiger partial charge in [-0.2, -0.15) is 4.31 Å². The smallest absolute Gasteiger partial charge is 0.256 e. The van der Waals surface area contributed by atoms with E-state index in [1.807, 2.05) is 5.43 Å². The number of sulfonamides is 1. The van der Waals surface area contributed by atoms with Crippen LogP contribution in [0.2, 0.25) is 0 Å². The quantitative estimate of drug-likeness (QED) is 0.358. The van der Waals surface area contributed by atoms with Crippen LogP contribution in [0.15, 0.2) is 0 Å². The molecule has 1 rings (SSSR count). The van der Waals surface area contributed by atoms with Crippen LogP contribution in [0.3, 0.4) is 0 Å². The van der Waals surface area contributed by atoms with Crippen LogP contribution in [0.4, 0.5) is 0 Å². The van der Waals surface area contributed by atoms with Gasteiger partial charge in [0, 0.05) is 13.1 Å². The maximum atomic E-state index is 12.2. The van der Waals surface area contributed by atoms with Crippen LogP contribution < -0.4 is 11.3 Å². The number of hydrazine groups is 1. The highest BCUT2D eigenvalue weighted by atomic mass is 32.2. The Bertz CT molecular complexity index is 359. The number of hydrogen-bond donors (Lipinski definition) is 2. The van der Waals surface area contributed by atoms with Crippen LogP contribution in [0.25, 0.3) is 0 Å². The van der Waals surface area contributed by atoms with Gasteiger partial charge in [-0.1, -0.05) is 0 Å². The zero-order chi connectivity index (χ0) is 12.4. The molecular formula is C8H17N3O4S. The van der Waals surface area contributed by atoms with E-state index in [2.05, 4.69) is 0 Å². The largest absolute Gasteiger partial charge is 0.379 e. The summed E-state index contributed by atoms with van der Waals surface area (Å²) in [7, 11) is -3.71. The third-order valence-corrected chi connectivity index (χ3v) is 5.15. The topological polar surface area (TPSA) is 102 Å². The van der Waals surface area contributed by atoms with Crippen molar-refractivity contribution in [2.75, 3.05) is 26.3 Å². The molecule has 1 saturated heterocycles. The maximum Gasteiger partial charge on any atom is 0.256 e. The summed E-state index contributed by atoms with van der Waals surface area (Å²) in [5, 5.41) is 0. The highest BCUT2D eigenvalue weighted by Crippen LogP contribution is 2.21. The minimum absolute atomic E-state index is 0.267. The summed E-state index contributed by atoms with van der Waals surface area (Å²) in [5.74, 6) is 4.25. The van der Waals surface area contributed by atoms with E-state index in [9.17, 15) is 13.2 Å². The first-order valence-electron chi connectivity index (χ1n) is 4.92. The van der Waals surface area contributed by atoms with Gasteiger partial charge >= 0.3 is 0 Å². The van der Waals surface area contributed by atoms with E-state index in [1.165, 1.54) is 18.2 Å². The van der Waals surface area contributed by atoms with Gasteiger partial charge in [0.15, 0.2) is 4.75 Å². The Kier molecular flexibility index (Phi) is 3.89. The number of carbonyl (C=O) groups is 1. The lowest BCUT2D eigenvalue weighted by Gasteiger charge is -2.33. The van der Waals surface area contributed by atoms with Crippen molar-refractivity contribution in [2.24, 2.45) is 5.84 Å². The zero-order valence-electron chi connectivity index (χ0n) is 9.39. The summed E-state index contributed by atoms with van der Waals surface area (Å²) in [4.78, 5) is 11.4. The van der Waals surface area contributed by atoms with E-state index in [-0.39, 0.29) is 13.1 Å². The van der Waals surface area contributed by atoms with Crippen molar-refractivity contribution in [1.29, 1.82) is 0 Å². The molecule has 0 aromatic carbocycles. The van der Waals surface area contributed by atoms with Crippen molar-refractivity contribution in [3.63, 3.8) is 0 Å². The number of carbonyl (C=O) groups excluding carboxylic acids is 1. The van der Waals surface area contributed by atoms with Gasteiger partial charge in [-0.25, -0.2) is 14.3 Å². The second-order valence-corrected chi connectivity index (χ2v) is 6.49. The van der Waals surface area contributed by atoms with Crippen molar-refractivity contribution in [1.82, 2.24) is 9.73 Å². The van der Waals surface area contributed by atoms with E-state index in [0.717, 1.165) is 0 Å². The molecule has 1 amide bonds. The Labute approximate surface area is 94.9 Å². The number of nitrogens with zero attached hydrogens (tertiary/aromatic N) is 1. The van der Waals surface area contributed by atoms with Crippen LogP contribution in [-0.2, 0) is 19.6 Å². The molecule has 0 spiro atoms. The molecule has 1 aliphatic rings. The lowest BCUT2D eigenvalue weighted by atomic mass is 10.2. The molecule has 3 N–H and O–H groups in total. The number of morpholine rings is 1. The minimum atomic E-state index is -3.71. The molecule has 8 heteroatoms. The van der Waals surface area contributed by atoms with Crippen LogP contribution in [0, 0.1) is 0 Å². The number of hydrogen-bond acceptors (Lipinski definition) is 5. The molecular weight excluding hydrogens is 234 g/mol. The summed E-state index contributed by atoms with van der Waals surface area (Å²) in [6.07, 6.45) is 0. The minimum Gasteiger partial charge on any atom is -0.379 e.